The van der Waals surface area contributed by atoms with Crippen LogP contribution in [-0.2, 0) is 11.2 Å². The summed E-state index contributed by atoms with van der Waals surface area (Å²) >= 11 is 0. The number of nitrogens with two attached hydrogens (primary N) is 2. The Labute approximate surface area is 283 Å². The third kappa shape index (κ3) is 5.95. The lowest BCUT2D eigenvalue weighted by Gasteiger charge is -2.44. The van der Waals surface area contributed by atoms with Gasteiger partial charge >= 0.3 is 5.97 Å². The molecular formula is C39H31N5O5. The Hall–Kier alpha value is -6.78. The van der Waals surface area contributed by atoms with Crippen LogP contribution in [0.2, 0.25) is 0 Å². The van der Waals surface area contributed by atoms with Gasteiger partial charge in [0.25, 0.3) is 0 Å². The predicted octanol–water partition coefficient (Wildman–Crippen LogP) is 5.13. The molecule has 0 amide bonds. The lowest BCUT2D eigenvalue weighted by Crippen LogP contribution is -2.58. The van der Waals surface area contributed by atoms with E-state index in [0.29, 0.717) is 45.1 Å². The minimum Gasteiger partial charge on any atom is -0.495 e. The summed E-state index contributed by atoms with van der Waals surface area (Å²) in [5.41, 5.74) is 12.7. The molecule has 2 atom stereocenters. The standard InChI is InChI=1S/C39H31N5O5/c1-48-31-17-8-6-11-25(31)19-20-33-39(37(46)47,22-21-26-12-7-9-18-32(26)49-2)35(45)34-27(23-28-24-42-38(41)43-36(28)40)13-10-16-30(34)44(33)29-14-4-3-5-15-29/h3-18,24,33H,23H2,1-2H3,(H,46,47)(H4,40,41,42,43). The highest BCUT2D eigenvalue weighted by Gasteiger charge is 2.58. The number of ketones is 1. The van der Waals surface area contributed by atoms with Gasteiger partial charge in [0.2, 0.25) is 11.4 Å². The van der Waals surface area contributed by atoms with Crippen LogP contribution in [0.1, 0.15) is 32.6 Å². The van der Waals surface area contributed by atoms with E-state index >= 15 is 4.79 Å². The zero-order valence-electron chi connectivity index (χ0n) is 26.7. The molecule has 0 bridgehead atoms. The van der Waals surface area contributed by atoms with Crippen molar-refractivity contribution in [3.8, 4) is 35.2 Å². The van der Waals surface area contributed by atoms with Crippen molar-refractivity contribution in [2.45, 2.75) is 12.5 Å². The number of carbonyl (C=O) groups is 2. The van der Waals surface area contributed by atoms with Gasteiger partial charge in [-0.2, -0.15) is 4.98 Å². The van der Waals surface area contributed by atoms with Crippen molar-refractivity contribution in [1.82, 2.24) is 9.97 Å². The molecule has 0 saturated heterocycles. The number of nitrogen functional groups attached to an aromatic ring is 2. The summed E-state index contributed by atoms with van der Waals surface area (Å²) in [6, 6.07) is 27.2. The van der Waals surface area contributed by atoms with Gasteiger partial charge in [-0.25, -0.2) is 9.78 Å². The van der Waals surface area contributed by atoms with Crippen molar-refractivity contribution in [1.29, 1.82) is 0 Å². The molecule has 242 valence electrons. The number of ether oxygens (including phenoxy) is 2. The molecule has 0 aliphatic carbocycles. The molecule has 0 spiro atoms. The molecule has 2 heterocycles. The number of hydrogen-bond acceptors (Lipinski definition) is 9. The summed E-state index contributed by atoms with van der Waals surface area (Å²) in [5, 5.41) is 11.2. The van der Waals surface area contributed by atoms with Crippen LogP contribution in [-0.4, -0.2) is 47.1 Å². The van der Waals surface area contributed by atoms with Crippen molar-refractivity contribution in [2.24, 2.45) is 5.41 Å². The highest BCUT2D eigenvalue weighted by atomic mass is 16.5. The number of fused-ring (bicyclic) bond motifs is 1. The van der Waals surface area contributed by atoms with E-state index in [1.165, 1.54) is 20.4 Å². The van der Waals surface area contributed by atoms with Gasteiger partial charge in [0.05, 0.1) is 31.0 Å². The normalized spacial score (nSPS) is 16.3. The quantitative estimate of drug-likeness (QED) is 0.167. The average molecular weight is 650 g/mol. The zero-order valence-corrected chi connectivity index (χ0v) is 26.7. The van der Waals surface area contributed by atoms with Crippen molar-refractivity contribution < 1.29 is 24.2 Å². The maximum absolute atomic E-state index is 15.1. The molecule has 1 aromatic heterocycles. The molecular weight excluding hydrogens is 618 g/mol. The Morgan fingerprint density at radius 1 is 0.857 bits per heavy atom. The number of benzene rings is 4. The molecule has 5 N–H and O–H groups in total. The van der Waals surface area contributed by atoms with E-state index in [1.54, 1.807) is 71.6 Å². The number of hydrogen-bond donors (Lipinski definition) is 3. The molecule has 0 saturated carbocycles. The SMILES string of the molecule is COc1ccccc1C#CC1N(c2ccccc2)c2cccc(Cc3cnc(N)nc3N)c2C(=O)C1(C#Cc1ccccc1OC)C(=O)O. The molecule has 1 aliphatic heterocycles. The van der Waals surface area contributed by atoms with Crippen LogP contribution in [0, 0.1) is 29.1 Å². The lowest BCUT2D eigenvalue weighted by atomic mass is 9.69. The van der Waals surface area contributed by atoms with Crippen LogP contribution in [0.15, 0.2) is 103 Å². The number of Topliss-reactive ketones (excluding diaryl/α,β-unsaturated/α-hetero) is 1. The van der Waals surface area contributed by atoms with Crippen molar-refractivity contribution in [3.05, 3.63) is 131 Å². The fraction of sp³-hybridized carbons (Fsp3) is 0.128. The molecule has 4 aromatic carbocycles. The Morgan fingerprint density at radius 2 is 1.49 bits per heavy atom. The predicted molar refractivity (Wildman–Crippen MR) is 187 cm³/mol. The number of carboxylic acids is 1. The molecule has 6 rings (SSSR count). The van der Waals surface area contributed by atoms with Crippen molar-refractivity contribution in [3.63, 3.8) is 0 Å². The molecule has 49 heavy (non-hydrogen) atoms. The first-order valence-corrected chi connectivity index (χ1v) is 15.2. The minimum absolute atomic E-state index is 0.00985. The highest BCUT2D eigenvalue weighted by molar-refractivity contribution is 6.21. The first kappa shape index (κ1) is 32.2. The van der Waals surface area contributed by atoms with Gasteiger partial charge in [-0.15, -0.1) is 0 Å². The highest BCUT2D eigenvalue weighted by Crippen LogP contribution is 2.47. The Balaban J connectivity index is 1.68. The van der Waals surface area contributed by atoms with E-state index in [-0.39, 0.29) is 23.8 Å². The van der Waals surface area contributed by atoms with E-state index in [4.69, 9.17) is 20.9 Å². The maximum Gasteiger partial charge on any atom is 0.333 e. The Morgan fingerprint density at radius 3 is 2.12 bits per heavy atom. The van der Waals surface area contributed by atoms with Crippen molar-refractivity contribution >= 4 is 34.9 Å². The number of methoxy groups -OCH3 is 2. The Bertz CT molecular complexity index is 2200. The molecule has 0 fully saturated rings. The number of aromatic nitrogens is 2. The second-order valence-corrected chi connectivity index (χ2v) is 11.1. The van der Waals surface area contributed by atoms with Crippen LogP contribution in [0.5, 0.6) is 11.5 Å². The molecule has 5 aromatic rings. The van der Waals surface area contributed by atoms with Gasteiger partial charge in [0, 0.05) is 29.4 Å². The van der Waals surface area contributed by atoms with Crippen LogP contribution in [0.4, 0.5) is 23.1 Å². The smallest absolute Gasteiger partial charge is 0.333 e. The van der Waals surface area contributed by atoms with Crippen LogP contribution >= 0.6 is 0 Å². The maximum atomic E-state index is 15.1. The van der Waals surface area contributed by atoms with E-state index in [1.807, 2.05) is 30.3 Å². The fourth-order valence-corrected chi connectivity index (χ4v) is 5.88. The van der Waals surface area contributed by atoms with Gasteiger partial charge < -0.3 is 30.9 Å². The minimum atomic E-state index is -2.39. The van der Waals surface area contributed by atoms with Crippen LogP contribution in [0.3, 0.4) is 0 Å². The largest absolute Gasteiger partial charge is 0.495 e. The Kier molecular flexibility index (Phi) is 8.88. The third-order valence-electron chi connectivity index (χ3n) is 8.26. The summed E-state index contributed by atoms with van der Waals surface area (Å²) in [4.78, 5) is 38.9. The average Bonchev–Trinajstić information content (AvgIpc) is 3.12. The van der Waals surface area contributed by atoms with Gasteiger partial charge in [0.15, 0.2) is 5.78 Å². The number of carboxylic acid groups (broad SMARTS) is 1. The first-order valence-electron chi connectivity index (χ1n) is 15.2. The number of nitrogens with zero attached hydrogens (tertiary/aromatic N) is 3. The second-order valence-electron chi connectivity index (χ2n) is 11.1. The molecule has 1 aliphatic rings. The van der Waals surface area contributed by atoms with Gasteiger partial charge in [-0.3, -0.25) is 4.79 Å². The van der Waals surface area contributed by atoms with E-state index in [0.717, 1.165) is 0 Å². The number of rotatable bonds is 6. The number of aliphatic carboxylic acids is 1. The summed E-state index contributed by atoms with van der Waals surface area (Å²) in [5.74, 6) is 11.1. The number of carbonyl (C=O) groups excluding carboxylic acids is 1. The summed E-state index contributed by atoms with van der Waals surface area (Å²) < 4.78 is 11.0. The lowest BCUT2D eigenvalue weighted by molar-refractivity contribution is -0.143. The van der Waals surface area contributed by atoms with E-state index in [2.05, 4.69) is 33.6 Å². The van der Waals surface area contributed by atoms with Crippen LogP contribution in [0.25, 0.3) is 0 Å². The summed E-state index contributed by atoms with van der Waals surface area (Å²) in [6.07, 6.45) is 1.61. The number of anilines is 4. The van der Waals surface area contributed by atoms with Crippen LogP contribution < -0.4 is 25.8 Å². The molecule has 0 radical (unpaired) electrons. The van der Waals surface area contributed by atoms with Crippen molar-refractivity contribution in [2.75, 3.05) is 30.6 Å². The van der Waals surface area contributed by atoms with Gasteiger partial charge in [-0.05, 0) is 48.0 Å². The second kappa shape index (κ2) is 13.5. The third-order valence-corrected chi connectivity index (χ3v) is 8.26. The summed E-state index contributed by atoms with van der Waals surface area (Å²) in [7, 11) is 3.02. The monoisotopic (exact) mass is 649 g/mol. The van der Waals surface area contributed by atoms with E-state index < -0.39 is 23.2 Å². The van der Waals surface area contributed by atoms with Gasteiger partial charge in [-0.1, -0.05) is 78.3 Å². The molecule has 10 nitrogen and oxygen atoms in total. The molecule has 2 unspecified atom stereocenters. The van der Waals surface area contributed by atoms with Gasteiger partial charge in [0.1, 0.15) is 23.4 Å². The fourth-order valence-electron chi connectivity index (χ4n) is 5.88. The first-order chi connectivity index (χ1) is 23.8. The number of para-hydroxylation sites is 3. The zero-order chi connectivity index (χ0) is 34.5. The molecule has 10 heteroatoms. The summed E-state index contributed by atoms with van der Waals surface area (Å²) in [6.45, 7) is 0. The van der Waals surface area contributed by atoms with E-state index in [9.17, 15) is 9.90 Å². The topological polar surface area (TPSA) is 154 Å².